The number of hydrogen-bond acceptors (Lipinski definition) is 6. The molecular weight excluding hydrogens is 332 g/mol. The molecular formula is C18H18N6O2. The van der Waals surface area contributed by atoms with Gasteiger partial charge in [0.15, 0.2) is 0 Å². The number of pyridine rings is 1. The Hall–Kier alpha value is -3.29. The lowest BCUT2D eigenvalue weighted by atomic mass is 10.2. The SMILES string of the molecule is O=C(Nc1cnc(-n2cccn2)nc1)c1ccc(OC2CCCC2)nc1. The lowest BCUT2D eigenvalue weighted by Crippen LogP contribution is -2.14. The Morgan fingerprint density at radius 1 is 1.12 bits per heavy atom. The molecule has 1 N–H and O–H groups in total. The Morgan fingerprint density at radius 2 is 1.92 bits per heavy atom. The normalized spacial score (nSPS) is 14.3. The molecule has 0 atom stereocenters. The predicted molar refractivity (Wildman–Crippen MR) is 94.2 cm³/mol. The molecule has 8 nitrogen and oxygen atoms in total. The third kappa shape index (κ3) is 3.69. The van der Waals surface area contributed by atoms with Crippen LogP contribution in [-0.4, -0.2) is 36.7 Å². The minimum absolute atomic E-state index is 0.243. The summed E-state index contributed by atoms with van der Waals surface area (Å²) in [7, 11) is 0. The van der Waals surface area contributed by atoms with E-state index in [0.717, 1.165) is 12.8 Å². The maximum atomic E-state index is 12.3. The number of ether oxygens (including phenoxy) is 1. The number of nitrogens with zero attached hydrogens (tertiary/aromatic N) is 5. The maximum Gasteiger partial charge on any atom is 0.257 e. The highest BCUT2D eigenvalue weighted by Gasteiger charge is 2.17. The fraction of sp³-hybridized carbons (Fsp3) is 0.278. The van der Waals surface area contributed by atoms with Crippen LogP contribution in [0.1, 0.15) is 36.0 Å². The summed E-state index contributed by atoms with van der Waals surface area (Å²) >= 11 is 0. The van der Waals surface area contributed by atoms with E-state index in [1.165, 1.54) is 31.4 Å². The standard InChI is InChI=1S/C18H18N6O2/c25-17(13-6-7-16(19-10-13)26-15-4-1-2-5-15)23-14-11-20-18(21-12-14)24-9-3-8-22-24/h3,6-12,15H,1-2,4-5H2,(H,23,25). The molecule has 4 rings (SSSR count). The molecule has 0 aromatic carbocycles. The molecule has 0 radical (unpaired) electrons. The molecule has 1 saturated carbocycles. The van der Waals surface area contributed by atoms with Crippen LogP contribution in [0.2, 0.25) is 0 Å². The zero-order chi connectivity index (χ0) is 17.8. The van der Waals surface area contributed by atoms with E-state index in [1.807, 2.05) is 0 Å². The third-order valence-electron chi connectivity index (χ3n) is 4.19. The topological polar surface area (TPSA) is 94.8 Å². The quantitative estimate of drug-likeness (QED) is 0.760. The second kappa shape index (κ2) is 7.30. The average molecular weight is 350 g/mol. The van der Waals surface area contributed by atoms with Crippen LogP contribution in [-0.2, 0) is 0 Å². The second-order valence-electron chi connectivity index (χ2n) is 6.09. The van der Waals surface area contributed by atoms with Gasteiger partial charge in [0, 0.05) is 24.7 Å². The average Bonchev–Trinajstić information content (AvgIpc) is 3.37. The predicted octanol–water partition coefficient (Wildman–Crippen LogP) is 2.63. The van der Waals surface area contributed by atoms with Gasteiger partial charge in [-0.2, -0.15) is 5.10 Å². The highest BCUT2D eigenvalue weighted by molar-refractivity contribution is 6.03. The molecule has 0 saturated heterocycles. The maximum absolute atomic E-state index is 12.3. The Bertz CT molecular complexity index is 856. The summed E-state index contributed by atoms with van der Waals surface area (Å²) in [5.74, 6) is 0.712. The van der Waals surface area contributed by atoms with E-state index in [4.69, 9.17) is 4.74 Å². The van der Waals surface area contributed by atoms with Gasteiger partial charge in [-0.25, -0.2) is 19.6 Å². The summed E-state index contributed by atoms with van der Waals surface area (Å²) < 4.78 is 7.35. The van der Waals surface area contributed by atoms with E-state index in [2.05, 4.69) is 25.4 Å². The first-order chi connectivity index (χ1) is 12.8. The van der Waals surface area contributed by atoms with Gasteiger partial charge < -0.3 is 10.1 Å². The fourth-order valence-corrected chi connectivity index (χ4v) is 2.86. The van der Waals surface area contributed by atoms with Gasteiger partial charge in [0.05, 0.1) is 23.6 Å². The minimum Gasteiger partial charge on any atom is -0.474 e. The molecule has 0 spiro atoms. The second-order valence-corrected chi connectivity index (χ2v) is 6.09. The number of carbonyl (C=O) groups is 1. The molecule has 1 amide bonds. The summed E-state index contributed by atoms with van der Waals surface area (Å²) in [5.41, 5.74) is 0.942. The fourth-order valence-electron chi connectivity index (χ4n) is 2.86. The summed E-state index contributed by atoms with van der Waals surface area (Å²) in [6, 6.07) is 5.21. The van der Waals surface area contributed by atoms with E-state index in [1.54, 1.807) is 35.3 Å². The van der Waals surface area contributed by atoms with E-state index in [0.29, 0.717) is 23.1 Å². The first-order valence-corrected chi connectivity index (χ1v) is 8.54. The van der Waals surface area contributed by atoms with Crippen molar-refractivity contribution in [3.05, 3.63) is 54.7 Å². The van der Waals surface area contributed by atoms with Crippen LogP contribution in [0.5, 0.6) is 5.88 Å². The number of carbonyl (C=O) groups excluding carboxylic acids is 1. The number of anilines is 1. The highest BCUT2D eigenvalue weighted by atomic mass is 16.5. The molecule has 1 fully saturated rings. The molecule has 26 heavy (non-hydrogen) atoms. The Kier molecular flexibility index (Phi) is 4.55. The van der Waals surface area contributed by atoms with Crippen molar-refractivity contribution in [3.63, 3.8) is 0 Å². The van der Waals surface area contributed by atoms with Crippen LogP contribution in [0.15, 0.2) is 49.2 Å². The van der Waals surface area contributed by atoms with Crippen molar-refractivity contribution in [1.29, 1.82) is 0 Å². The van der Waals surface area contributed by atoms with Crippen molar-refractivity contribution >= 4 is 11.6 Å². The van der Waals surface area contributed by atoms with E-state index >= 15 is 0 Å². The van der Waals surface area contributed by atoms with Gasteiger partial charge in [0.25, 0.3) is 11.9 Å². The highest BCUT2D eigenvalue weighted by Crippen LogP contribution is 2.23. The van der Waals surface area contributed by atoms with Gasteiger partial charge in [0.2, 0.25) is 5.88 Å². The van der Waals surface area contributed by atoms with Crippen LogP contribution >= 0.6 is 0 Å². The molecule has 3 heterocycles. The largest absolute Gasteiger partial charge is 0.474 e. The zero-order valence-corrected chi connectivity index (χ0v) is 14.1. The lowest BCUT2D eigenvalue weighted by Gasteiger charge is -2.12. The number of rotatable bonds is 5. The van der Waals surface area contributed by atoms with Gasteiger partial charge in [-0.15, -0.1) is 0 Å². The van der Waals surface area contributed by atoms with Crippen molar-refractivity contribution < 1.29 is 9.53 Å². The van der Waals surface area contributed by atoms with Crippen molar-refractivity contribution in [2.75, 3.05) is 5.32 Å². The van der Waals surface area contributed by atoms with Crippen LogP contribution in [0.3, 0.4) is 0 Å². The lowest BCUT2D eigenvalue weighted by molar-refractivity contribution is 0.102. The van der Waals surface area contributed by atoms with Gasteiger partial charge >= 0.3 is 0 Å². The smallest absolute Gasteiger partial charge is 0.257 e. The molecule has 3 aromatic rings. The number of aromatic nitrogens is 5. The van der Waals surface area contributed by atoms with Crippen molar-refractivity contribution in [1.82, 2.24) is 24.7 Å². The summed E-state index contributed by atoms with van der Waals surface area (Å²) in [6.45, 7) is 0. The molecule has 0 aliphatic heterocycles. The van der Waals surface area contributed by atoms with E-state index in [-0.39, 0.29) is 12.0 Å². The first-order valence-electron chi connectivity index (χ1n) is 8.54. The minimum atomic E-state index is -0.277. The molecule has 1 aliphatic carbocycles. The summed E-state index contributed by atoms with van der Waals surface area (Å²) in [6.07, 6.45) is 12.8. The van der Waals surface area contributed by atoms with Crippen LogP contribution < -0.4 is 10.1 Å². The zero-order valence-electron chi connectivity index (χ0n) is 14.1. The monoisotopic (exact) mass is 350 g/mol. The van der Waals surface area contributed by atoms with Crippen molar-refractivity contribution in [2.45, 2.75) is 31.8 Å². The van der Waals surface area contributed by atoms with Gasteiger partial charge in [-0.1, -0.05) is 0 Å². The summed E-state index contributed by atoms with van der Waals surface area (Å²) in [4.78, 5) is 24.9. The summed E-state index contributed by atoms with van der Waals surface area (Å²) in [5, 5.41) is 6.80. The van der Waals surface area contributed by atoms with Crippen molar-refractivity contribution in [2.24, 2.45) is 0 Å². The first kappa shape index (κ1) is 16.2. The molecule has 132 valence electrons. The molecule has 0 unspecified atom stereocenters. The van der Waals surface area contributed by atoms with Crippen LogP contribution in [0.4, 0.5) is 5.69 Å². The Labute approximate surface area is 150 Å². The molecule has 8 heteroatoms. The molecule has 1 aliphatic rings. The number of nitrogens with one attached hydrogen (secondary N) is 1. The number of amides is 1. The van der Waals surface area contributed by atoms with E-state index < -0.39 is 0 Å². The Balaban J connectivity index is 1.38. The molecule has 0 bridgehead atoms. The van der Waals surface area contributed by atoms with Crippen molar-refractivity contribution in [3.8, 4) is 11.8 Å². The van der Waals surface area contributed by atoms with E-state index in [9.17, 15) is 4.79 Å². The van der Waals surface area contributed by atoms with Gasteiger partial charge in [0.1, 0.15) is 6.10 Å². The van der Waals surface area contributed by atoms with Gasteiger partial charge in [-0.05, 0) is 37.8 Å². The van der Waals surface area contributed by atoms with Crippen LogP contribution in [0.25, 0.3) is 5.95 Å². The third-order valence-corrected chi connectivity index (χ3v) is 4.19. The number of hydrogen-bond donors (Lipinski definition) is 1. The van der Waals surface area contributed by atoms with Crippen LogP contribution in [0, 0.1) is 0 Å². The molecule has 3 aromatic heterocycles. The van der Waals surface area contributed by atoms with Gasteiger partial charge in [-0.3, -0.25) is 4.79 Å². The Morgan fingerprint density at radius 3 is 2.58 bits per heavy atom.